The molecule has 0 spiro atoms. The third-order valence-corrected chi connectivity index (χ3v) is 2.99. The van der Waals surface area contributed by atoms with Crippen LogP contribution >= 0.6 is 0 Å². The largest absolute Gasteiger partial charge is 0.364 e. The lowest BCUT2D eigenvalue weighted by Crippen LogP contribution is -2.24. The molecule has 0 bridgehead atoms. The van der Waals surface area contributed by atoms with Crippen LogP contribution in [0.2, 0.25) is 0 Å². The normalized spacial score (nSPS) is 10.8. The van der Waals surface area contributed by atoms with E-state index < -0.39 is 0 Å². The minimum absolute atomic E-state index is 0.111. The highest BCUT2D eigenvalue weighted by Crippen LogP contribution is 2.10. The van der Waals surface area contributed by atoms with Crippen LogP contribution in [-0.2, 0) is 6.42 Å². The molecule has 0 aliphatic heterocycles. The molecule has 0 radical (unpaired) electrons. The van der Waals surface area contributed by atoms with Crippen LogP contribution in [0.3, 0.4) is 0 Å². The van der Waals surface area contributed by atoms with Gasteiger partial charge in [-0.25, -0.2) is 0 Å². The number of nitrogens with zero attached hydrogens (tertiary/aromatic N) is 3. The van der Waals surface area contributed by atoms with Crippen LogP contribution in [0.1, 0.15) is 22.3 Å². The molecule has 0 unspecified atom stereocenters. The number of amides is 1. The van der Waals surface area contributed by atoms with Crippen molar-refractivity contribution in [3.63, 3.8) is 0 Å². The fraction of sp³-hybridized carbons (Fsp3) is 0.231. The van der Waals surface area contributed by atoms with Crippen LogP contribution in [0.15, 0.2) is 35.2 Å². The highest BCUT2D eigenvalue weighted by Gasteiger charge is 2.07. The van der Waals surface area contributed by atoms with Gasteiger partial charge in [-0.2, -0.15) is 15.4 Å². The molecule has 1 aromatic carbocycles. The van der Waals surface area contributed by atoms with Gasteiger partial charge in [0.05, 0.1) is 6.20 Å². The van der Waals surface area contributed by atoms with Crippen LogP contribution in [0, 0.1) is 0 Å². The van der Waals surface area contributed by atoms with Crippen molar-refractivity contribution in [2.45, 2.75) is 12.8 Å². The Kier molecular flexibility index (Phi) is 3.40. The van der Waals surface area contributed by atoms with Gasteiger partial charge in [0.2, 0.25) is 0 Å². The number of hydrogen-bond acceptors (Lipinski definition) is 5. The second-order valence-corrected chi connectivity index (χ2v) is 4.42. The van der Waals surface area contributed by atoms with Crippen molar-refractivity contribution in [3.05, 3.63) is 41.8 Å². The van der Waals surface area contributed by atoms with E-state index in [1.54, 1.807) is 30.7 Å². The van der Waals surface area contributed by atoms with Gasteiger partial charge in [0.15, 0.2) is 0 Å². The Morgan fingerprint density at radius 3 is 3.05 bits per heavy atom. The first kappa shape index (κ1) is 12.3. The SMILES string of the molecule is O=C(NCCCc1cnoc1)c1ccc2n[nH]nc2c1. The van der Waals surface area contributed by atoms with Crippen molar-refractivity contribution in [1.82, 2.24) is 25.9 Å². The van der Waals surface area contributed by atoms with Crippen LogP contribution < -0.4 is 5.32 Å². The molecule has 7 heteroatoms. The molecule has 20 heavy (non-hydrogen) atoms. The van der Waals surface area contributed by atoms with E-state index in [2.05, 4.69) is 25.9 Å². The van der Waals surface area contributed by atoms with Gasteiger partial charge in [0.1, 0.15) is 17.3 Å². The molecule has 3 rings (SSSR count). The summed E-state index contributed by atoms with van der Waals surface area (Å²) in [6, 6.07) is 5.22. The van der Waals surface area contributed by atoms with Gasteiger partial charge in [-0.3, -0.25) is 4.79 Å². The van der Waals surface area contributed by atoms with Crippen molar-refractivity contribution in [3.8, 4) is 0 Å². The monoisotopic (exact) mass is 271 g/mol. The van der Waals surface area contributed by atoms with Crippen molar-refractivity contribution in [2.24, 2.45) is 0 Å². The summed E-state index contributed by atoms with van der Waals surface area (Å²) >= 11 is 0. The summed E-state index contributed by atoms with van der Waals surface area (Å²) in [5.74, 6) is -0.111. The maximum absolute atomic E-state index is 12.0. The van der Waals surface area contributed by atoms with Gasteiger partial charge in [-0.1, -0.05) is 5.16 Å². The van der Waals surface area contributed by atoms with E-state index in [0.29, 0.717) is 17.6 Å². The topological polar surface area (TPSA) is 96.7 Å². The highest BCUT2D eigenvalue weighted by molar-refractivity contribution is 5.97. The number of carbonyl (C=O) groups excluding carboxylic acids is 1. The zero-order chi connectivity index (χ0) is 13.8. The van der Waals surface area contributed by atoms with Gasteiger partial charge in [-0.05, 0) is 31.0 Å². The number of hydrogen-bond donors (Lipinski definition) is 2. The zero-order valence-corrected chi connectivity index (χ0v) is 10.7. The van der Waals surface area contributed by atoms with E-state index >= 15 is 0 Å². The lowest BCUT2D eigenvalue weighted by Gasteiger charge is -2.04. The number of benzene rings is 1. The first-order valence-corrected chi connectivity index (χ1v) is 6.30. The lowest BCUT2D eigenvalue weighted by atomic mass is 10.1. The van der Waals surface area contributed by atoms with Crippen LogP contribution in [-0.4, -0.2) is 33.0 Å². The maximum Gasteiger partial charge on any atom is 0.251 e. The summed E-state index contributed by atoms with van der Waals surface area (Å²) in [4.78, 5) is 12.0. The van der Waals surface area contributed by atoms with Crippen molar-refractivity contribution >= 4 is 16.9 Å². The number of aromatic amines is 1. The second kappa shape index (κ2) is 5.52. The third kappa shape index (κ3) is 2.66. The summed E-state index contributed by atoms with van der Waals surface area (Å²) in [5.41, 5.74) is 3.04. The van der Waals surface area contributed by atoms with E-state index in [4.69, 9.17) is 4.52 Å². The minimum atomic E-state index is -0.111. The van der Waals surface area contributed by atoms with Gasteiger partial charge in [0, 0.05) is 17.7 Å². The van der Waals surface area contributed by atoms with E-state index in [9.17, 15) is 4.79 Å². The molecule has 0 saturated heterocycles. The first-order chi connectivity index (χ1) is 9.83. The molecule has 0 saturated carbocycles. The molecule has 0 aliphatic rings. The van der Waals surface area contributed by atoms with Gasteiger partial charge >= 0.3 is 0 Å². The summed E-state index contributed by atoms with van der Waals surface area (Å²) in [6.07, 6.45) is 4.95. The Bertz CT molecular complexity index is 704. The highest BCUT2D eigenvalue weighted by atomic mass is 16.5. The Morgan fingerprint density at radius 2 is 2.20 bits per heavy atom. The zero-order valence-electron chi connectivity index (χ0n) is 10.7. The molecule has 0 fully saturated rings. The Balaban J connectivity index is 1.53. The molecule has 0 aliphatic carbocycles. The Morgan fingerprint density at radius 1 is 1.30 bits per heavy atom. The van der Waals surface area contributed by atoms with Gasteiger partial charge < -0.3 is 9.84 Å². The predicted molar refractivity (Wildman–Crippen MR) is 71.0 cm³/mol. The van der Waals surface area contributed by atoms with E-state index in [-0.39, 0.29) is 5.91 Å². The number of rotatable bonds is 5. The summed E-state index contributed by atoms with van der Waals surface area (Å²) < 4.78 is 4.74. The summed E-state index contributed by atoms with van der Waals surface area (Å²) in [7, 11) is 0. The Labute approximate surface area is 114 Å². The fourth-order valence-corrected chi connectivity index (χ4v) is 1.93. The standard InChI is InChI=1S/C13H13N5O2/c19-13(14-5-1-2-9-7-15-20-8-9)10-3-4-11-12(6-10)17-18-16-11/h3-4,6-8H,1-2,5H2,(H,14,19)(H,16,17,18). The predicted octanol–water partition coefficient (Wildman–Crippen LogP) is 1.31. The number of nitrogens with one attached hydrogen (secondary N) is 2. The molecule has 0 atom stereocenters. The quantitative estimate of drug-likeness (QED) is 0.682. The van der Waals surface area contributed by atoms with Gasteiger partial charge in [0.25, 0.3) is 5.91 Å². The van der Waals surface area contributed by atoms with E-state index in [1.807, 2.05) is 0 Å². The van der Waals surface area contributed by atoms with Gasteiger partial charge in [-0.15, -0.1) is 0 Å². The minimum Gasteiger partial charge on any atom is -0.364 e. The average Bonchev–Trinajstić information content (AvgIpc) is 3.13. The summed E-state index contributed by atoms with van der Waals surface area (Å²) in [5, 5.41) is 16.9. The second-order valence-electron chi connectivity index (χ2n) is 4.42. The smallest absolute Gasteiger partial charge is 0.251 e. The number of carbonyl (C=O) groups is 1. The molecule has 102 valence electrons. The number of aromatic nitrogens is 4. The molecule has 7 nitrogen and oxygen atoms in total. The van der Waals surface area contributed by atoms with E-state index in [0.717, 1.165) is 23.9 Å². The average molecular weight is 271 g/mol. The van der Waals surface area contributed by atoms with Crippen LogP contribution in [0.25, 0.3) is 11.0 Å². The number of fused-ring (bicyclic) bond motifs is 1. The number of H-pyrrole nitrogens is 1. The molecular weight excluding hydrogens is 258 g/mol. The van der Waals surface area contributed by atoms with Crippen molar-refractivity contribution in [2.75, 3.05) is 6.54 Å². The number of aryl methyl sites for hydroxylation is 1. The summed E-state index contributed by atoms with van der Waals surface area (Å²) in [6.45, 7) is 0.598. The third-order valence-electron chi connectivity index (χ3n) is 2.99. The molecule has 1 amide bonds. The first-order valence-electron chi connectivity index (χ1n) is 6.30. The molecule has 2 N–H and O–H groups in total. The van der Waals surface area contributed by atoms with Crippen molar-refractivity contribution < 1.29 is 9.32 Å². The van der Waals surface area contributed by atoms with Crippen molar-refractivity contribution in [1.29, 1.82) is 0 Å². The van der Waals surface area contributed by atoms with E-state index in [1.165, 1.54) is 0 Å². The Hall–Kier alpha value is -2.70. The van der Waals surface area contributed by atoms with Crippen LogP contribution in [0.5, 0.6) is 0 Å². The molecule has 2 aromatic heterocycles. The fourth-order valence-electron chi connectivity index (χ4n) is 1.93. The molecule has 2 heterocycles. The molecular formula is C13H13N5O2. The van der Waals surface area contributed by atoms with Crippen LogP contribution in [0.4, 0.5) is 0 Å². The maximum atomic E-state index is 12.0. The molecule has 3 aromatic rings. The lowest BCUT2D eigenvalue weighted by molar-refractivity contribution is 0.0953.